The Labute approximate surface area is 139 Å². The number of anilines is 1. The molecule has 0 radical (unpaired) electrons. The van der Waals surface area contributed by atoms with E-state index in [9.17, 15) is 9.59 Å². The highest BCUT2D eigenvalue weighted by Crippen LogP contribution is 2.21. The molecule has 0 unspecified atom stereocenters. The number of ether oxygens (including phenoxy) is 1. The Kier molecular flexibility index (Phi) is 5.11. The second-order valence-electron chi connectivity index (χ2n) is 6.41. The third-order valence-electron chi connectivity index (χ3n) is 3.32. The van der Waals surface area contributed by atoms with Crippen LogP contribution in [0.1, 0.15) is 27.2 Å². The number of nitrogens with one attached hydrogen (secondary N) is 1. The molecule has 22 heavy (non-hydrogen) atoms. The zero-order valence-electron chi connectivity index (χ0n) is 13.1. The van der Waals surface area contributed by atoms with Crippen LogP contribution in [0.15, 0.2) is 28.7 Å². The Morgan fingerprint density at radius 1 is 1.27 bits per heavy atom. The van der Waals surface area contributed by atoms with Crippen molar-refractivity contribution in [3.63, 3.8) is 0 Å². The van der Waals surface area contributed by atoms with E-state index in [1.54, 1.807) is 4.90 Å². The van der Waals surface area contributed by atoms with E-state index in [-0.39, 0.29) is 17.9 Å². The Hall–Kier alpha value is -1.56. The van der Waals surface area contributed by atoms with Crippen molar-refractivity contribution in [1.29, 1.82) is 0 Å². The molecule has 1 atom stereocenters. The number of halogens is 1. The van der Waals surface area contributed by atoms with E-state index in [1.807, 2.05) is 45.0 Å². The van der Waals surface area contributed by atoms with Crippen LogP contribution in [0.3, 0.4) is 0 Å². The average Bonchev–Trinajstić information content (AvgIpc) is 2.89. The van der Waals surface area contributed by atoms with Gasteiger partial charge < -0.3 is 15.0 Å². The molecule has 1 aliphatic rings. The van der Waals surface area contributed by atoms with E-state index < -0.39 is 5.60 Å². The molecule has 6 heteroatoms. The maximum Gasteiger partial charge on any atom is 0.410 e. The lowest BCUT2D eigenvalue weighted by molar-refractivity contribution is -0.119. The van der Waals surface area contributed by atoms with Crippen LogP contribution in [0.25, 0.3) is 0 Å². The fraction of sp³-hybridized carbons (Fsp3) is 0.500. The van der Waals surface area contributed by atoms with Gasteiger partial charge >= 0.3 is 6.09 Å². The molecule has 2 amide bonds. The lowest BCUT2D eigenvalue weighted by Gasteiger charge is -2.24. The second kappa shape index (κ2) is 6.69. The third-order valence-corrected chi connectivity index (χ3v) is 3.85. The van der Waals surface area contributed by atoms with Gasteiger partial charge in [-0.2, -0.15) is 0 Å². The van der Waals surface area contributed by atoms with E-state index in [2.05, 4.69) is 21.2 Å². The zero-order valence-corrected chi connectivity index (χ0v) is 14.6. The summed E-state index contributed by atoms with van der Waals surface area (Å²) in [5.41, 5.74) is 0.235. The van der Waals surface area contributed by atoms with Crippen molar-refractivity contribution in [1.82, 2.24) is 4.90 Å². The highest BCUT2D eigenvalue weighted by molar-refractivity contribution is 9.10. The summed E-state index contributed by atoms with van der Waals surface area (Å²) in [6.45, 7) is 6.45. The number of nitrogens with zero attached hydrogens (tertiary/aromatic N) is 1. The number of hydrogen-bond acceptors (Lipinski definition) is 3. The molecule has 1 aromatic rings. The predicted molar refractivity (Wildman–Crippen MR) is 88.7 cm³/mol. The number of hydrogen-bond donors (Lipinski definition) is 1. The smallest absolute Gasteiger partial charge is 0.410 e. The second-order valence-corrected chi connectivity index (χ2v) is 7.32. The zero-order chi connectivity index (χ0) is 16.3. The van der Waals surface area contributed by atoms with Crippen molar-refractivity contribution in [3.8, 4) is 0 Å². The predicted octanol–water partition coefficient (Wildman–Crippen LogP) is 3.64. The van der Waals surface area contributed by atoms with E-state index in [4.69, 9.17) is 4.74 Å². The average molecular weight is 369 g/mol. The summed E-state index contributed by atoms with van der Waals surface area (Å²) in [4.78, 5) is 25.8. The lowest BCUT2D eigenvalue weighted by Crippen LogP contribution is -2.36. The van der Waals surface area contributed by atoms with Crippen molar-refractivity contribution in [2.24, 2.45) is 5.92 Å². The molecule has 1 saturated heterocycles. The number of likely N-dealkylation sites (tertiary alicyclic amines) is 1. The monoisotopic (exact) mass is 368 g/mol. The van der Waals surface area contributed by atoms with Crippen LogP contribution in [0.2, 0.25) is 0 Å². The summed E-state index contributed by atoms with van der Waals surface area (Å²) < 4.78 is 6.29. The molecule has 0 bridgehead atoms. The molecule has 0 spiro atoms. The van der Waals surface area contributed by atoms with E-state index >= 15 is 0 Å². The minimum atomic E-state index is -0.519. The van der Waals surface area contributed by atoms with Gasteiger partial charge in [0.25, 0.3) is 0 Å². The number of carbonyl (C=O) groups is 2. The minimum absolute atomic E-state index is 0.0617. The summed E-state index contributed by atoms with van der Waals surface area (Å²) in [5, 5.41) is 2.88. The van der Waals surface area contributed by atoms with Gasteiger partial charge in [-0.05, 0) is 51.5 Å². The van der Waals surface area contributed by atoms with Gasteiger partial charge in [-0.25, -0.2) is 4.79 Å². The standard InChI is InChI=1S/C16H21BrN2O3/c1-16(2,3)22-15(21)19-9-8-11(10-19)14(20)18-13-6-4-12(17)5-7-13/h4-7,11H,8-10H2,1-3H3,(H,18,20)/t11-/m1/s1. The van der Waals surface area contributed by atoms with Gasteiger partial charge in [-0.15, -0.1) is 0 Å². The molecule has 120 valence electrons. The number of carbonyl (C=O) groups excluding carboxylic acids is 2. The van der Waals surface area contributed by atoms with Crippen LogP contribution in [-0.2, 0) is 9.53 Å². The van der Waals surface area contributed by atoms with E-state index in [0.717, 1.165) is 10.2 Å². The van der Waals surface area contributed by atoms with Crippen LogP contribution >= 0.6 is 15.9 Å². The number of amides is 2. The van der Waals surface area contributed by atoms with Gasteiger partial charge in [0.2, 0.25) is 5.91 Å². The van der Waals surface area contributed by atoms with Gasteiger partial charge in [0.05, 0.1) is 5.92 Å². The number of benzene rings is 1. The normalized spacial score (nSPS) is 18.2. The van der Waals surface area contributed by atoms with Crippen LogP contribution in [0.5, 0.6) is 0 Å². The molecule has 0 aromatic heterocycles. The topological polar surface area (TPSA) is 58.6 Å². The van der Waals surface area contributed by atoms with Gasteiger partial charge in [-0.3, -0.25) is 4.79 Å². The van der Waals surface area contributed by atoms with Crippen molar-refractivity contribution in [3.05, 3.63) is 28.7 Å². The molecule has 0 saturated carbocycles. The van der Waals surface area contributed by atoms with Crippen molar-refractivity contribution >= 4 is 33.6 Å². The number of rotatable bonds is 2. The van der Waals surface area contributed by atoms with Crippen molar-refractivity contribution in [2.75, 3.05) is 18.4 Å². The molecule has 1 N–H and O–H groups in total. The van der Waals surface area contributed by atoms with Crippen molar-refractivity contribution in [2.45, 2.75) is 32.8 Å². The highest BCUT2D eigenvalue weighted by atomic mass is 79.9. The van der Waals surface area contributed by atoms with Gasteiger partial charge in [0.15, 0.2) is 0 Å². The molecule has 1 aromatic carbocycles. The highest BCUT2D eigenvalue weighted by Gasteiger charge is 2.33. The van der Waals surface area contributed by atoms with E-state index in [0.29, 0.717) is 19.5 Å². The molecule has 5 nitrogen and oxygen atoms in total. The lowest BCUT2D eigenvalue weighted by atomic mass is 10.1. The van der Waals surface area contributed by atoms with Gasteiger partial charge in [0.1, 0.15) is 5.60 Å². The first-order valence-electron chi connectivity index (χ1n) is 7.29. The summed E-state index contributed by atoms with van der Waals surface area (Å²) in [7, 11) is 0. The van der Waals surface area contributed by atoms with Crippen LogP contribution < -0.4 is 5.32 Å². The Morgan fingerprint density at radius 2 is 1.91 bits per heavy atom. The summed E-state index contributed by atoms with van der Waals surface area (Å²) in [6, 6.07) is 7.42. The Bertz CT molecular complexity index is 552. The Balaban J connectivity index is 1.88. The molecule has 0 aliphatic carbocycles. The minimum Gasteiger partial charge on any atom is -0.444 e. The fourth-order valence-electron chi connectivity index (χ4n) is 2.24. The van der Waals surface area contributed by atoms with Crippen LogP contribution in [-0.4, -0.2) is 35.6 Å². The largest absolute Gasteiger partial charge is 0.444 e. The molecule has 1 heterocycles. The van der Waals surface area contributed by atoms with Crippen LogP contribution in [0, 0.1) is 5.92 Å². The molecule has 1 fully saturated rings. The first-order chi connectivity index (χ1) is 10.2. The SMILES string of the molecule is CC(C)(C)OC(=O)N1CC[C@@H](C(=O)Nc2ccc(Br)cc2)C1. The summed E-state index contributed by atoms with van der Waals surface area (Å²) in [5.74, 6) is -0.260. The van der Waals surface area contributed by atoms with E-state index in [1.165, 1.54) is 0 Å². The first kappa shape index (κ1) is 16.8. The van der Waals surface area contributed by atoms with Crippen molar-refractivity contribution < 1.29 is 14.3 Å². The quantitative estimate of drug-likeness (QED) is 0.866. The summed E-state index contributed by atoms with van der Waals surface area (Å²) >= 11 is 3.35. The van der Waals surface area contributed by atoms with Crippen LogP contribution in [0.4, 0.5) is 10.5 Å². The molecular weight excluding hydrogens is 348 g/mol. The Morgan fingerprint density at radius 3 is 2.50 bits per heavy atom. The first-order valence-corrected chi connectivity index (χ1v) is 8.08. The van der Waals surface area contributed by atoms with Gasteiger partial charge in [-0.1, -0.05) is 15.9 Å². The maximum absolute atomic E-state index is 12.3. The summed E-state index contributed by atoms with van der Waals surface area (Å²) in [6.07, 6.45) is 0.299. The third kappa shape index (κ3) is 4.73. The molecular formula is C16H21BrN2O3. The molecule has 1 aliphatic heterocycles. The fourth-order valence-corrected chi connectivity index (χ4v) is 2.51. The maximum atomic E-state index is 12.3. The van der Waals surface area contributed by atoms with Gasteiger partial charge in [0, 0.05) is 23.2 Å². The molecule has 2 rings (SSSR count).